The molecule has 0 aliphatic heterocycles. The van der Waals surface area contributed by atoms with Crippen LogP contribution in [0.1, 0.15) is 17.3 Å². The van der Waals surface area contributed by atoms with E-state index in [1.165, 1.54) is 10.5 Å². The molecule has 2 rings (SSSR count). The first-order chi connectivity index (χ1) is 8.69. The summed E-state index contributed by atoms with van der Waals surface area (Å²) in [5.74, 6) is 0.983. The van der Waals surface area contributed by atoms with Gasteiger partial charge in [0.05, 0.1) is 11.7 Å². The number of hydrogen-bond donors (Lipinski definition) is 1. The van der Waals surface area contributed by atoms with Crippen molar-refractivity contribution < 1.29 is 0 Å². The molecule has 0 saturated heterocycles. The minimum atomic E-state index is 0.289. The first-order valence-electron chi connectivity index (χ1n) is 6.05. The van der Waals surface area contributed by atoms with Crippen molar-refractivity contribution in [2.75, 3.05) is 12.8 Å². The van der Waals surface area contributed by atoms with Gasteiger partial charge in [-0.05, 0) is 32.2 Å². The third-order valence-corrected chi connectivity index (χ3v) is 3.98. The molecule has 1 N–H and O–H groups in total. The highest BCUT2D eigenvalue weighted by Gasteiger charge is 2.12. The Kier molecular flexibility index (Phi) is 4.44. The molecule has 0 amide bonds. The summed E-state index contributed by atoms with van der Waals surface area (Å²) in [6.07, 6.45) is 1.98. The Morgan fingerprint density at radius 1 is 1.28 bits per heavy atom. The van der Waals surface area contributed by atoms with Crippen molar-refractivity contribution in [3.63, 3.8) is 0 Å². The van der Waals surface area contributed by atoms with Crippen LogP contribution in [0.4, 0.5) is 0 Å². The number of nitrogens with zero attached hydrogens (tertiary/aromatic N) is 2. The van der Waals surface area contributed by atoms with E-state index < -0.39 is 0 Å². The fourth-order valence-electron chi connectivity index (χ4n) is 1.75. The number of hydrogen-bond acceptors (Lipinski definition) is 3. The molecule has 1 atom stereocenters. The highest BCUT2D eigenvalue weighted by molar-refractivity contribution is 7.99. The lowest BCUT2D eigenvalue weighted by Gasteiger charge is -2.13. The number of benzene rings is 1. The third kappa shape index (κ3) is 3.37. The zero-order chi connectivity index (χ0) is 13.0. The van der Waals surface area contributed by atoms with Crippen LogP contribution in [0.2, 0.25) is 0 Å². The third-order valence-electron chi connectivity index (χ3n) is 2.88. The molecule has 0 radical (unpaired) electrons. The summed E-state index contributed by atoms with van der Waals surface area (Å²) >= 11 is 1.85. The van der Waals surface area contributed by atoms with E-state index in [2.05, 4.69) is 47.7 Å². The van der Waals surface area contributed by atoms with Crippen LogP contribution in [-0.2, 0) is 7.05 Å². The Bertz CT molecular complexity index is 490. The van der Waals surface area contributed by atoms with Gasteiger partial charge in [0.25, 0.3) is 0 Å². The molecule has 0 aliphatic carbocycles. The number of aryl methyl sites for hydroxylation is 2. The molecule has 0 aliphatic rings. The van der Waals surface area contributed by atoms with E-state index in [-0.39, 0.29) is 6.04 Å². The van der Waals surface area contributed by atoms with E-state index in [1.807, 2.05) is 36.7 Å². The molecule has 4 heteroatoms. The van der Waals surface area contributed by atoms with Crippen LogP contribution in [0.5, 0.6) is 0 Å². The lowest BCUT2D eigenvalue weighted by Crippen LogP contribution is -2.19. The van der Waals surface area contributed by atoms with Gasteiger partial charge < -0.3 is 5.32 Å². The van der Waals surface area contributed by atoms with Crippen molar-refractivity contribution in [2.24, 2.45) is 7.05 Å². The Hall–Kier alpha value is -1.26. The largest absolute Gasteiger partial charge is 0.311 e. The smallest absolute Gasteiger partial charge is 0.0802 e. The van der Waals surface area contributed by atoms with Gasteiger partial charge >= 0.3 is 0 Å². The lowest BCUT2D eigenvalue weighted by molar-refractivity contribution is 0.619. The summed E-state index contributed by atoms with van der Waals surface area (Å²) < 4.78 is 1.84. The number of rotatable bonds is 5. The van der Waals surface area contributed by atoms with Gasteiger partial charge in [-0.3, -0.25) is 4.68 Å². The molecule has 0 bridgehead atoms. The minimum absolute atomic E-state index is 0.289. The van der Waals surface area contributed by atoms with E-state index in [9.17, 15) is 0 Å². The molecule has 3 nitrogen and oxygen atoms in total. The predicted molar refractivity (Wildman–Crippen MR) is 76.9 cm³/mol. The Morgan fingerprint density at radius 3 is 2.56 bits per heavy atom. The predicted octanol–water partition coefficient (Wildman–Crippen LogP) is 2.78. The van der Waals surface area contributed by atoms with Crippen LogP contribution in [0.25, 0.3) is 0 Å². The van der Waals surface area contributed by atoms with Gasteiger partial charge in [0.1, 0.15) is 0 Å². The van der Waals surface area contributed by atoms with Crippen LogP contribution < -0.4 is 5.32 Å². The van der Waals surface area contributed by atoms with E-state index in [0.717, 1.165) is 11.4 Å². The second-order valence-corrected chi connectivity index (χ2v) is 5.47. The van der Waals surface area contributed by atoms with Crippen molar-refractivity contribution in [1.29, 1.82) is 0 Å². The quantitative estimate of drug-likeness (QED) is 0.839. The van der Waals surface area contributed by atoms with Crippen LogP contribution in [0.15, 0.2) is 41.4 Å². The van der Waals surface area contributed by atoms with E-state index in [1.54, 1.807) is 0 Å². The number of nitrogens with one attached hydrogen (secondary N) is 1. The zero-order valence-electron chi connectivity index (χ0n) is 11.1. The van der Waals surface area contributed by atoms with Gasteiger partial charge in [0.15, 0.2) is 0 Å². The summed E-state index contributed by atoms with van der Waals surface area (Å²) in [6.45, 7) is 2.11. The molecular formula is C14H19N3S. The first kappa shape index (κ1) is 13.2. The van der Waals surface area contributed by atoms with Gasteiger partial charge in [-0.2, -0.15) is 5.10 Å². The zero-order valence-corrected chi connectivity index (χ0v) is 11.9. The molecular weight excluding hydrogens is 242 g/mol. The van der Waals surface area contributed by atoms with Gasteiger partial charge in [0, 0.05) is 23.9 Å². The second kappa shape index (κ2) is 6.07. The molecule has 1 aromatic carbocycles. The lowest BCUT2D eigenvalue weighted by atomic mass is 10.2. The molecule has 2 aromatic rings. The molecule has 0 spiro atoms. The first-order valence-corrected chi connectivity index (χ1v) is 7.04. The molecule has 0 fully saturated rings. The van der Waals surface area contributed by atoms with Gasteiger partial charge in [0.2, 0.25) is 0 Å². The number of aromatic nitrogens is 2. The SMILES string of the molecule is CNC(CSc1ccc(C)cc1)c1ccn(C)n1. The molecule has 1 unspecified atom stereocenters. The molecule has 18 heavy (non-hydrogen) atoms. The topological polar surface area (TPSA) is 29.9 Å². The summed E-state index contributed by atoms with van der Waals surface area (Å²) in [5, 5.41) is 7.77. The Labute approximate surface area is 113 Å². The fourth-order valence-corrected chi connectivity index (χ4v) is 2.77. The molecule has 1 heterocycles. The molecule has 96 valence electrons. The molecule has 0 saturated carbocycles. The summed E-state index contributed by atoms with van der Waals surface area (Å²) in [5.41, 5.74) is 2.40. The standard InChI is InChI=1S/C14H19N3S/c1-11-4-6-12(7-5-11)18-10-14(15-2)13-8-9-17(3)16-13/h4-9,14-15H,10H2,1-3H3. The van der Waals surface area contributed by atoms with Gasteiger partial charge in [-0.15, -0.1) is 11.8 Å². The maximum Gasteiger partial charge on any atom is 0.0802 e. The van der Waals surface area contributed by atoms with Crippen molar-refractivity contribution >= 4 is 11.8 Å². The summed E-state index contributed by atoms with van der Waals surface area (Å²) in [4.78, 5) is 1.30. The van der Waals surface area contributed by atoms with Crippen molar-refractivity contribution in [1.82, 2.24) is 15.1 Å². The fraction of sp³-hybridized carbons (Fsp3) is 0.357. The average molecular weight is 261 g/mol. The van der Waals surface area contributed by atoms with E-state index >= 15 is 0 Å². The normalized spacial score (nSPS) is 12.6. The molecule has 1 aromatic heterocycles. The van der Waals surface area contributed by atoms with E-state index in [4.69, 9.17) is 0 Å². The van der Waals surface area contributed by atoms with Crippen LogP contribution in [0, 0.1) is 6.92 Å². The van der Waals surface area contributed by atoms with Crippen LogP contribution >= 0.6 is 11.8 Å². The van der Waals surface area contributed by atoms with Gasteiger partial charge in [-0.25, -0.2) is 0 Å². The Morgan fingerprint density at radius 2 is 2.00 bits per heavy atom. The van der Waals surface area contributed by atoms with Crippen molar-refractivity contribution in [3.8, 4) is 0 Å². The van der Waals surface area contributed by atoms with Gasteiger partial charge in [-0.1, -0.05) is 17.7 Å². The van der Waals surface area contributed by atoms with E-state index in [0.29, 0.717) is 0 Å². The second-order valence-electron chi connectivity index (χ2n) is 4.38. The summed E-state index contributed by atoms with van der Waals surface area (Å²) in [7, 11) is 3.93. The highest BCUT2D eigenvalue weighted by Crippen LogP contribution is 2.24. The maximum atomic E-state index is 4.45. The van der Waals surface area contributed by atoms with Crippen LogP contribution in [0.3, 0.4) is 0 Å². The highest BCUT2D eigenvalue weighted by atomic mass is 32.2. The van der Waals surface area contributed by atoms with Crippen molar-refractivity contribution in [2.45, 2.75) is 17.9 Å². The Balaban J connectivity index is 1.97. The monoisotopic (exact) mass is 261 g/mol. The van der Waals surface area contributed by atoms with Crippen LogP contribution in [-0.4, -0.2) is 22.6 Å². The average Bonchev–Trinajstić information content (AvgIpc) is 2.79. The maximum absolute atomic E-state index is 4.45. The number of thioether (sulfide) groups is 1. The van der Waals surface area contributed by atoms with Crippen molar-refractivity contribution in [3.05, 3.63) is 47.8 Å². The summed E-state index contributed by atoms with van der Waals surface area (Å²) in [6, 6.07) is 11.0. The minimum Gasteiger partial charge on any atom is -0.311 e.